The van der Waals surface area contributed by atoms with Crippen molar-refractivity contribution in [2.24, 2.45) is 0 Å². The van der Waals surface area contributed by atoms with Crippen molar-refractivity contribution in [1.29, 1.82) is 0 Å². The molecule has 0 unspecified atom stereocenters. The van der Waals surface area contributed by atoms with Gasteiger partial charge in [-0.1, -0.05) is 50.7 Å². The van der Waals surface area contributed by atoms with Gasteiger partial charge in [0.2, 0.25) is 5.91 Å². The van der Waals surface area contributed by atoms with Gasteiger partial charge in [-0.2, -0.15) is 0 Å². The predicted molar refractivity (Wildman–Crippen MR) is 112 cm³/mol. The molecule has 0 bridgehead atoms. The number of benzene rings is 2. The van der Waals surface area contributed by atoms with Crippen LogP contribution >= 0.6 is 0 Å². The molecule has 0 saturated heterocycles. The molecule has 0 atom stereocenters. The highest BCUT2D eigenvalue weighted by Gasteiger charge is 2.00. The lowest BCUT2D eigenvalue weighted by molar-refractivity contribution is -0.120. The highest BCUT2D eigenvalue weighted by atomic mass is 19.1. The van der Waals surface area contributed by atoms with E-state index in [0.29, 0.717) is 12.2 Å². The van der Waals surface area contributed by atoms with Gasteiger partial charge in [0.05, 0.1) is 0 Å². The quantitative estimate of drug-likeness (QED) is 0.404. The van der Waals surface area contributed by atoms with Crippen LogP contribution in [-0.4, -0.2) is 13.0 Å². The number of amides is 1. The molecule has 0 fully saturated rings. The minimum absolute atomic E-state index is 0.148. The van der Waals surface area contributed by atoms with Crippen LogP contribution in [0.15, 0.2) is 48.5 Å². The molecule has 0 aromatic heterocycles. The smallest absolute Gasteiger partial charge is 0.219 e. The first-order chi connectivity index (χ1) is 13.7. The van der Waals surface area contributed by atoms with Crippen molar-refractivity contribution in [3.8, 4) is 11.5 Å². The van der Waals surface area contributed by atoms with Crippen LogP contribution in [0, 0.1) is 5.82 Å². The summed E-state index contributed by atoms with van der Waals surface area (Å²) < 4.78 is 18.6. The van der Waals surface area contributed by atoms with E-state index in [1.54, 1.807) is 19.2 Å². The van der Waals surface area contributed by atoms with Crippen LogP contribution in [0.5, 0.6) is 11.5 Å². The van der Waals surface area contributed by atoms with E-state index in [0.717, 1.165) is 25.0 Å². The maximum absolute atomic E-state index is 12.9. The van der Waals surface area contributed by atoms with Gasteiger partial charge in [-0.05, 0) is 61.2 Å². The average Bonchev–Trinajstić information content (AvgIpc) is 2.72. The molecule has 0 heterocycles. The van der Waals surface area contributed by atoms with Gasteiger partial charge >= 0.3 is 0 Å². The summed E-state index contributed by atoms with van der Waals surface area (Å²) in [4.78, 5) is 11.1. The number of halogens is 1. The van der Waals surface area contributed by atoms with Gasteiger partial charge in [0, 0.05) is 13.5 Å². The summed E-state index contributed by atoms with van der Waals surface area (Å²) in [7, 11) is 1.69. The van der Waals surface area contributed by atoms with Gasteiger partial charge in [0.1, 0.15) is 17.3 Å². The molecule has 3 nitrogen and oxygen atoms in total. The summed E-state index contributed by atoms with van der Waals surface area (Å²) >= 11 is 0. The molecular weight excluding hydrogens is 353 g/mol. The van der Waals surface area contributed by atoms with Gasteiger partial charge in [0.15, 0.2) is 0 Å². The molecule has 4 heteroatoms. The third-order valence-electron chi connectivity index (χ3n) is 4.87. The third kappa shape index (κ3) is 9.03. The predicted octanol–water partition coefficient (Wildman–Crippen LogP) is 6.42. The zero-order valence-corrected chi connectivity index (χ0v) is 16.9. The van der Waals surface area contributed by atoms with Crippen molar-refractivity contribution >= 4 is 5.91 Å². The highest BCUT2D eigenvalue weighted by Crippen LogP contribution is 2.22. The van der Waals surface area contributed by atoms with Crippen LogP contribution in [0.2, 0.25) is 0 Å². The van der Waals surface area contributed by atoms with Crippen molar-refractivity contribution in [3.63, 3.8) is 0 Å². The van der Waals surface area contributed by atoms with Crippen LogP contribution in [0.25, 0.3) is 0 Å². The summed E-state index contributed by atoms with van der Waals surface area (Å²) in [6.45, 7) is 0. The minimum atomic E-state index is -0.260. The molecule has 152 valence electrons. The molecule has 0 aliphatic carbocycles. The molecule has 2 aromatic rings. The van der Waals surface area contributed by atoms with Crippen molar-refractivity contribution in [1.82, 2.24) is 5.32 Å². The Hall–Kier alpha value is -2.36. The van der Waals surface area contributed by atoms with E-state index >= 15 is 0 Å². The number of ether oxygens (including phenoxy) is 1. The van der Waals surface area contributed by atoms with Crippen LogP contribution in [0.4, 0.5) is 4.39 Å². The lowest BCUT2D eigenvalue weighted by Crippen LogP contribution is -2.16. The van der Waals surface area contributed by atoms with Crippen LogP contribution in [0.3, 0.4) is 0 Å². The molecule has 2 aromatic carbocycles. The van der Waals surface area contributed by atoms with Gasteiger partial charge in [-0.25, -0.2) is 4.39 Å². The summed E-state index contributed by atoms with van der Waals surface area (Å²) in [5.74, 6) is 1.30. The number of nitrogens with one attached hydrogen (secondary N) is 1. The number of rotatable bonds is 13. The van der Waals surface area contributed by atoms with Crippen molar-refractivity contribution in [2.45, 2.75) is 64.2 Å². The number of aryl methyl sites for hydroxylation is 1. The number of hydrogen-bond donors (Lipinski definition) is 1. The van der Waals surface area contributed by atoms with E-state index in [9.17, 15) is 9.18 Å². The van der Waals surface area contributed by atoms with E-state index in [1.165, 1.54) is 56.2 Å². The molecule has 0 aliphatic heterocycles. The SMILES string of the molecule is CNC(=O)CCCCCCCCCCc1ccc(Oc2ccc(F)cc2)cc1. The molecular formula is C24H32FNO2. The Balaban J connectivity index is 1.51. The normalized spacial score (nSPS) is 10.6. The van der Waals surface area contributed by atoms with Crippen molar-refractivity contribution < 1.29 is 13.9 Å². The largest absolute Gasteiger partial charge is 0.457 e. The Kier molecular flexibility index (Phi) is 10.1. The average molecular weight is 386 g/mol. The maximum Gasteiger partial charge on any atom is 0.219 e. The van der Waals surface area contributed by atoms with Gasteiger partial charge < -0.3 is 10.1 Å². The highest BCUT2D eigenvalue weighted by molar-refractivity contribution is 5.75. The Morgan fingerprint density at radius 1 is 0.786 bits per heavy atom. The fourth-order valence-corrected chi connectivity index (χ4v) is 3.16. The molecule has 1 N–H and O–H groups in total. The molecule has 28 heavy (non-hydrogen) atoms. The van der Waals surface area contributed by atoms with Crippen LogP contribution < -0.4 is 10.1 Å². The number of hydrogen-bond acceptors (Lipinski definition) is 2. The van der Waals surface area contributed by atoms with Crippen molar-refractivity contribution in [2.75, 3.05) is 7.05 Å². The molecule has 0 spiro atoms. The first-order valence-corrected chi connectivity index (χ1v) is 10.4. The van der Waals surface area contributed by atoms with E-state index in [2.05, 4.69) is 17.4 Å². The van der Waals surface area contributed by atoms with Crippen LogP contribution in [0.1, 0.15) is 63.4 Å². The second kappa shape index (κ2) is 12.9. The number of carbonyl (C=O) groups excluding carboxylic acids is 1. The van der Waals surface area contributed by atoms with E-state index in [1.807, 2.05) is 12.1 Å². The maximum atomic E-state index is 12.9. The van der Waals surface area contributed by atoms with E-state index < -0.39 is 0 Å². The van der Waals surface area contributed by atoms with Gasteiger partial charge in [-0.15, -0.1) is 0 Å². The zero-order valence-electron chi connectivity index (χ0n) is 16.9. The first-order valence-electron chi connectivity index (χ1n) is 10.4. The fourth-order valence-electron chi connectivity index (χ4n) is 3.16. The Morgan fingerprint density at radius 2 is 1.29 bits per heavy atom. The molecule has 1 amide bonds. The Bertz CT molecular complexity index is 683. The fraction of sp³-hybridized carbons (Fsp3) is 0.458. The lowest BCUT2D eigenvalue weighted by atomic mass is 10.0. The lowest BCUT2D eigenvalue weighted by Gasteiger charge is -2.07. The Labute approximate surface area is 168 Å². The molecule has 0 aliphatic rings. The third-order valence-corrected chi connectivity index (χ3v) is 4.87. The number of unbranched alkanes of at least 4 members (excludes halogenated alkanes) is 7. The minimum Gasteiger partial charge on any atom is -0.457 e. The number of carbonyl (C=O) groups is 1. The van der Waals surface area contributed by atoms with Crippen LogP contribution in [-0.2, 0) is 11.2 Å². The standard InChI is InChI=1S/C24H32FNO2/c1-26-24(27)11-9-7-5-3-2-4-6-8-10-20-12-16-22(17-13-20)28-23-18-14-21(25)15-19-23/h12-19H,2-11H2,1H3,(H,26,27). The zero-order chi connectivity index (χ0) is 20.0. The Morgan fingerprint density at radius 3 is 1.86 bits per heavy atom. The summed E-state index contributed by atoms with van der Waals surface area (Å²) in [6.07, 6.45) is 11.4. The molecule has 2 rings (SSSR count). The van der Waals surface area contributed by atoms with Gasteiger partial charge in [0.25, 0.3) is 0 Å². The molecule has 0 saturated carbocycles. The van der Waals surface area contributed by atoms with Crippen molar-refractivity contribution in [3.05, 3.63) is 59.9 Å². The van der Waals surface area contributed by atoms with E-state index in [4.69, 9.17) is 4.74 Å². The van der Waals surface area contributed by atoms with E-state index in [-0.39, 0.29) is 11.7 Å². The molecule has 0 radical (unpaired) electrons. The first kappa shape index (κ1) is 21.9. The summed E-state index contributed by atoms with van der Waals surface area (Å²) in [5, 5.41) is 2.66. The monoisotopic (exact) mass is 385 g/mol. The van der Waals surface area contributed by atoms with Gasteiger partial charge in [-0.3, -0.25) is 4.79 Å². The second-order valence-electron chi connectivity index (χ2n) is 7.20. The topological polar surface area (TPSA) is 38.3 Å². The summed E-state index contributed by atoms with van der Waals surface area (Å²) in [5.41, 5.74) is 1.32. The second-order valence-corrected chi connectivity index (χ2v) is 7.20. The summed E-state index contributed by atoms with van der Waals surface area (Å²) in [6, 6.07) is 14.2.